The molecular weight excluding hydrogens is 394 g/mol. The standard InChI is InChI=1S/C20H23N3O3S2/c1-23(2)13-5-6-14-16(9-13)20(26-3)15(10-19(14)28(21,24)25)12-4-7-17-18(8-12)27-11-22-17/h4,7-8,10-11,13H,5-6,9H2,1-3H3,(H2,21,24,25). The number of hydrogen-bond donors (Lipinski definition) is 1. The van der Waals surface area contributed by atoms with E-state index in [1.807, 2.05) is 32.3 Å². The van der Waals surface area contributed by atoms with Crippen LogP contribution in [0.25, 0.3) is 21.3 Å². The van der Waals surface area contributed by atoms with E-state index in [4.69, 9.17) is 9.88 Å². The Morgan fingerprint density at radius 1 is 1.25 bits per heavy atom. The highest BCUT2D eigenvalue weighted by Gasteiger charge is 2.30. The maximum atomic E-state index is 12.4. The summed E-state index contributed by atoms with van der Waals surface area (Å²) in [5.41, 5.74) is 6.10. The van der Waals surface area contributed by atoms with Crippen molar-refractivity contribution < 1.29 is 13.2 Å². The molecule has 1 aliphatic carbocycles. The number of nitrogens with two attached hydrogens (primary N) is 1. The van der Waals surface area contributed by atoms with Crippen LogP contribution in [0.5, 0.6) is 5.75 Å². The Kier molecular flexibility index (Phi) is 4.91. The first-order chi connectivity index (χ1) is 13.3. The van der Waals surface area contributed by atoms with Crippen molar-refractivity contribution in [3.63, 3.8) is 0 Å². The Bertz CT molecular complexity index is 1150. The van der Waals surface area contributed by atoms with Gasteiger partial charge < -0.3 is 9.64 Å². The summed E-state index contributed by atoms with van der Waals surface area (Å²) in [7, 11) is 1.88. The van der Waals surface area contributed by atoms with Gasteiger partial charge in [-0.2, -0.15) is 0 Å². The van der Waals surface area contributed by atoms with Crippen LogP contribution in [0.4, 0.5) is 0 Å². The van der Waals surface area contributed by atoms with Crippen LogP contribution in [0, 0.1) is 0 Å². The smallest absolute Gasteiger partial charge is 0.238 e. The zero-order valence-corrected chi connectivity index (χ0v) is 17.7. The van der Waals surface area contributed by atoms with Gasteiger partial charge in [-0.05, 0) is 62.7 Å². The van der Waals surface area contributed by atoms with E-state index in [1.165, 1.54) is 0 Å². The van der Waals surface area contributed by atoms with Gasteiger partial charge in [0.2, 0.25) is 10.0 Å². The first-order valence-corrected chi connectivity index (χ1v) is 11.5. The van der Waals surface area contributed by atoms with Crippen molar-refractivity contribution in [3.05, 3.63) is 40.9 Å². The fraction of sp³-hybridized carbons (Fsp3) is 0.350. The summed E-state index contributed by atoms with van der Waals surface area (Å²) in [5.74, 6) is 0.734. The second kappa shape index (κ2) is 7.11. The summed E-state index contributed by atoms with van der Waals surface area (Å²) in [6.07, 6.45) is 2.27. The number of nitrogens with zero attached hydrogens (tertiary/aromatic N) is 2. The fourth-order valence-corrected chi connectivity index (χ4v) is 5.60. The van der Waals surface area contributed by atoms with E-state index in [0.717, 1.165) is 51.1 Å². The van der Waals surface area contributed by atoms with Crippen LogP contribution in [0.15, 0.2) is 34.7 Å². The first-order valence-electron chi connectivity index (χ1n) is 9.05. The van der Waals surface area contributed by atoms with Gasteiger partial charge >= 0.3 is 0 Å². The number of benzene rings is 2. The van der Waals surface area contributed by atoms with E-state index < -0.39 is 10.0 Å². The van der Waals surface area contributed by atoms with Gasteiger partial charge in [0.15, 0.2) is 0 Å². The molecule has 148 valence electrons. The number of hydrogen-bond acceptors (Lipinski definition) is 6. The van der Waals surface area contributed by atoms with E-state index >= 15 is 0 Å². The van der Waals surface area contributed by atoms with Crippen molar-refractivity contribution in [2.24, 2.45) is 5.14 Å². The molecule has 4 rings (SSSR count). The molecular formula is C20H23N3O3S2. The molecule has 0 saturated carbocycles. The number of primary sulfonamides is 1. The van der Waals surface area contributed by atoms with Crippen LogP contribution >= 0.6 is 11.3 Å². The minimum absolute atomic E-state index is 0.208. The van der Waals surface area contributed by atoms with E-state index in [-0.39, 0.29) is 4.90 Å². The SMILES string of the molecule is COc1c(-c2ccc3ncsc3c2)cc(S(N)(=O)=O)c2c1CC(N(C)C)CC2. The summed E-state index contributed by atoms with van der Waals surface area (Å²) in [6.45, 7) is 0. The summed E-state index contributed by atoms with van der Waals surface area (Å²) < 4.78 is 31.6. The molecule has 0 spiro atoms. The highest BCUT2D eigenvalue weighted by Crippen LogP contribution is 2.43. The van der Waals surface area contributed by atoms with Gasteiger partial charge in [-0.25, -0.2) is 18.5 Å². The molecule has 0 aliphatic heterocycles. The molecule has 0 amide bonds. The zero-order valence-electron chi connectivity index (χ0n) is 16.1. The number of sulfonamides is 1. The number of likely N-dealkylation sites (N-methyl/N-ethyl adjacent to an activating group) is 1. The molecule has 0 saturated heterocycles. The van der Waals surface area contributed by atoms with Crippen molar-refractivity contribution in [1.29, 1.82) is 0 Å². The average Bonchev–Trinajstić information content (AvgIpc) is 3.12. The van der Waals surface area contributed by atoms with Crippen molar-refractivity contribution in [2.75, 3.05) is 21.2 Å². The Balaban J connectivity index is 1.99. The number of thiazole rings is 1. The minimum atomic E-state index is -3.85. The molecule has 1 aliphatic rings. The third-order valence-electron chi connectivity index (χ3n) is 5.51. The monoisotopic (exact) mass is 417 g/mol. The molecule has 2 aromatic carbocycles. The summed E-state index contributed by atoms with van der Waals surface area (Å²) in [6, 6.07) is 7.92. The van der Waals surface area contributed by atoms with Gasteiger partial charge in [0.05, 0.1) is 27.7 Å². The van der Waals surface area contributed by atoms with Gasteiger partial charge in [0, 0.05) is 17.2 Å². The largest absolute Gasteiger partial charge is 0.496 e. The third kappa shape index (κ3) is 3.30. The molecule has 28 heavy (non-hydrogen) atoms. The Labute approximate surface area is 169 Å². The molecule has 3 aromatic rings. The third-order valence-corrected chi connectivity index (χ3v) is 7.28. The lowest BCUT2D eigenvalue weighted by Crippen LogP contribution is -2.34. The fourth-order valence-electron chi connectivity index (χ4n) is 4.04. The molecule has 1 atom stereocenters. The second-order valence-corrected chi connectivity index (χ2v) is 9.77. The van der Waals surface area contributed by atoms with Crippen LogP contribution < -0.4 is 9.88 Å². The van der Waals surface area contributed by atoms with E-state index in [2.05, 4.69) is 9.88 Å². The lowest BCUT2D eigenvalue weighted by molar-refractivity contribution is 0.263. The summed E-state index contributed by atoms with van der Waals surface area (Å²) in [4.78, 5) is 6.70. The van der Waals surface area contributed by atoms with Gasteiger partial charge in [0.1, 0.15) is 5.75 Å². The molecule has 1 unspecified atom stereocenters. The van der Waals surface area contributed by atoms with Gasteiger partial charge in [0.25, 0.3) is 0 Å². The summed E-state index contributed by atoms with van der Waals surface area (Å²) >= 11 is 1.55. The van der Waals surface area contributed by atoms with Gasteiger partial charge in [-0.15, -0.1) is 11.3 Å². The number of ether oxygens (including phenoxy) is 1. The Morgan fingerprint density at radius 3 is 2.71 bits per heavy atom. The van der Waals surface area contributed by atoms with Gasteiger partial charge in [-0.3, -0.25) is 0 Å². The highest BCUT2D eigenvalue weighted by atomic mass is 32.2. The number of aromatic nitrogens is 1. The maximum absolute atomic E-state index is 12.4. The lowest BCUT2D eigenvalue weighted by Gasteiger charge is -2.32. The second-order valence-electron chi connectivity index (χ2n) is 7.35. The van der Waals surface area contributed by atoms with Gasteiger partial charge in [-0.1, -0.05) is 6.07 Å². The Hall–Kier alpha value is -2.00. The molecule has 8 heteroatoms. The number of methoxy groups -OCH3 is 1. The number of rotatable bonds is 4. The first kappa shape index (κ1) is 19.3. The van der Waals surface area contributed by atoms with Crippen LogP contribution in [-0.4, -0.2) is 45.5 Å². The number of fused-ring (bicyclic) bond motifs is 2. The molecule has 0 bridgehead atoms. The predicted octanol–water partition coefficient (Wildman–Crippen LogP) is 3.04. The van der Waals surface area contributed by atoms with Crippen LogP contribution in [0.2, 0.25) is 0 Å². The van der Waals surface area contributed by atoms with Crippen LogP contribution in [-0.2, 0) is 22.9 Å². The van der Waals surface area contributed by atoms with E-state index in [1.54, 1.807) is 30.0 Å². The van der Waals surface area contributed by atoms with E-state index in [9.17, 15) is 8.42 Å². The molecule has 0 radical (unpaired) electrons. The van der Waals surface area contributed by atoms with Crippen LogP contribution in [0.3, 0.4) is 0 Å². The van der Waals surface area contributed by atoms with Crippen molar-refractivity contribution in [2.45, 2.75) is 30.2 Å². The van der Waals surface area contributed by atoms with Crippen molar-refractivity contribution >= 4 is 31.6 Å². The highest BCUT2D eigenvalue weighted by molar-refractivity contribution is 7.89. The average molecular weight is 418 g/mol. The predicted molar refractivity (Wildman–Crippen MR) is 112 cm³/mol. The lowest BCUT2D eigenvalue weighted by atomic mass is 9.84. The zero-order chi connectivity index (χ0) is 20.1. The minimum Gasteiger partial charge on any atom is -0.496 e. The summed E-state index contributed by atoms with van der Waals surface area (Å²) in [5, 5.41) is 5.60. The van der Waals surface area contributed by atoms with E-state index in [0.29, 0.717) is 12.5 Å². The molecule has 6 nitrogen and oxygen atoms in total. The maximum Gasteiger partial charge on any atom is 0.238 e. The molecule has 1 heterocycles. The molecule has 1 aromatic heterocycles. The molecule has 2 N–H and O–H groups in total. The normalized spacial score (nSPS) is 17.1. The van der Waals surface area contributed by atoms with Crippen LogP contribution in [0.1, 0.15) is 17.5 Å². The Morgan fingerprint density at radius 2 is 2.04 bits per heavy atom. The molecule has 0 fully saturated rings. The quantitative estimate of drug-likeness (QED) is 0.705. The topological polar surface area (TPSA) is 85.5 Å². The van der Waals surface area contributed by atoms with Crippen molar-refractivity contribution in [3.8, 4) is 16.9 Å². The van der Waals surface area contributed by atoms with Crippen molar-refractivity contribution in [1.82, 2.24) is 9.88 Å².